The van der Waals surface area contributed by atoms with Crippen molar-refractivity contribution in [1.29, 1.82) is 0 Å². The van der Waals surface area contributed by atoms with Crippen LogP contribution in [0.25, 0.3) is 0 Å². The van der Waals surface area contributed by atoms with Crippen molar-refractivity contribution in [3.05, 3.63) is 59.8 Å². The van der Waals surface area contributed by atoms with Crippen LogP contribution in [0.4, 0.5) is 5.82 Å². The molecule has 0 aliphatic carbocycles. The second-order valence-corrected chi connectivity index (χ2v) is 6.79. The number of anilines is 1. The first kappa shape index (κ1) is 16.1. The summed E-state index contributed by atoms with van der Waals surface area (Å²) < 4.78 is 0. The number of rotatable bonds is 3. The van der Waals surface area contributed by atoms with Gasteiger partial charge in [0.2, 0.25) is 5.91 Å². The van der Waals surface area contributed by atoms with Gasteiger partial charge in [0.25, 0.3) is 0 Å². The molecule has 5 nitrogen and oxygen atoms in total. The van der Waals surface area contributed by atoms with Gasteiger partial charge < -0.3 is 9.80 Å². The summed E-state index contributed by atoms with van der Waals surface area (Å²) in [5, 5.41) is 0. The molecule has 25 heavy (non-hydrogen) atoms. The Morgan fingerprint density at radius 3 is 2.44 bits per heavy atom. The molecule has 2 aromatic rings. The van der Waals surface area contributed by atoms with E-state index in [-0.39, 0.29) is 5.91 Å². The van der Waals surface area contributed by atoms with E-state index >= 15 is 0 Å². The van der Waals surface area contributed by atoms with Crippen LogP contribution in [0.5, 0.6) is 0 Å². The predicted molar refractivity (Wildman–Crippen MR) is 98.5 cm³/mol. The number of pyridine rings is 1. The molecule has 1 amide bonds. The summed E-state index contributed by atoms with van der Waals surface area (Å²) in [4.78, 5) is 23.7. The number of carbonyl (C=O) groups is 1. The first-order chi connectivity index (χ1) is 12.3. The Morgan fingerprint density at radius 2 is 1.68 bits per heavy atom. The van der Waals surface area contributed by atoms with Crippen LogP contribution in [0.1, 0.15) is 11.1 Å². The molecule has 3 heterocycles. The van der Waals surface area contributed by atoms with Gasteiger partial charge in [0.15, 0.2) is 0 Å². The molecule has 1 aromatic heterocycles. The van der Waals surface area contributed by atoms with Crippen LogP contribution in [-0.4, -0.2) is 60.0 Å². The molecule has 0 spiro atoms. The fourth-order valence-corrected chi connectivity index (χ4v) is 3.68. The van der Waals surface area contributed by atoms with Gasteiger partial charge in [-0.15, -0.1) is 0 Å². The maximum Gasteiger partial charge on any atom is 0.237 e. The minimum Gasteiger partial charge on any atom is -0.354 e. The fraction of sp³-hybridized carbons (Fsp3) is 0.400. The molecule has 0 unspecified atom stereocenters. The van der Waals surface area contributed by atoms with Crippen molar-refractivity contribution in [2.45, 2.75) is 13.0 Å². The number of carbonyl (C=O) groups excluding carboxylic acids is 1. The van der Waals surface area contributed by atoms with E-state index in [1.807, 2.05) is 29.3 Å². The van der Waals surface area contributed by atoms with Crippen LogP contribution in [-0.2, 0) is 17.8 Å². The maximum atomic E-state index is 12.7. The van der Waals surface area contributed by atoms with E-state index in [0.717, 1.165) is 51.5 Å². The van der Waals surface area contributed by atoms with E-state index in [2.05, 4.69) is 39.0 Å². The highest BCUT2D eigenvalue weighted by Crippen LogP contribution is 2.19. The van der Waals surface area contributed by atoms with Crippen LogP contribution < -0.4 is 4.90 Å². The number of benzene rings is 1. The highest BCUT2D eigenvalue weighted by atomic mass is 16.2. The molecule has 0 radical (unpaired) electrons. The maximum absolute atomic E-state index is 12.7. The average Bonchev–Trinajstić information content (AvgIpc) is 2.69. The minimum atomic E-state index is 0.251. The van der Waals surface area contributed by atoms with E-state index in [0.29, 0.717) is 6.54 Å². The molecule has 0 atom stereocenters. The van der Waals surface area contributed by atoms with Crippen molar-refractivity contribution in [1.82, 2.24) is 14.8 Å². The SMILES string of the molecule is O=C(CN1CCN(c2ccccn2)CC1)N1CCc2ccccc2C1. The van der Waals surface area contributed by atoms with Gasteiger partial charge in [-0.3, -0.25) is 9.69 Å². The third kappa shape index (κ3) is 3.66. The Bertz CT molecular complexity index is 725. The van der Waals surface area contributed by atoms with Crippen molar-refractivity contribution in [3.63, 3.8) is 0 Å². The molecule has 1 saturated heterocycles. The lowest BCUT2D eigenvalue weighted by Crippen LogP contribution is -2.50. The molecule has 5 heteroatoms. The zero-order valence-electron chi connectivity index (χ0n) is 14.5. The standard InChI is InChI=1S/C20H24N4O/c25-20(24-10-8-17-5-1-2-6-18(17)15-24)16-22-11-13-23(14-12-22)19-7-3-4-9-21-19/h1-7,9H,8,10-16H2. The Kier molecular flexibility index (Phi) is 4.65. The molecule has 0 saturated carbocycles. The van der Waals surface area contributed by atoms with Crippen molar-refractivity contribution in [2.75, 3.05) is 44.2 Å². The number of piperazine rings is 1. The number of fused-ring (bicyclic) bond motifs is 1. The van der Waals surface area contributed by atoms with Crippen LogP contribution in [0.15, 0.2) is 48.7 Å². The molecule has 1 aromatic carbocycles. The van der Waals surface area contributed by atoms with E-state index in [1.165, 1.54) is 11.1 Å². The normalized spacial score (nSPS) is 18.1. The zero-order chi connectivity index (χ0) is 17.1. The molecule has 130 valence electrons. The molecule has 4 rings (SSSR count). The third-order valence-electron chi connectivity index (χ3n) is 5.19. The summed E-state index contributed by atoms with van der Waals surface area (Å²) in [6, 6.07) is 14.5. The number of aromatic nitrogens is 1. The molecular weight excluding hydrogens is 312 g/mol. The van der Waals surface area contributed by atoms with Gasteiger partial charge in [-0.1, -0.05) is 30.3 Å². The van der Waals surface area contributed by atoms with Gasteiger partial charge in [0.1, 0.15) is 5.82 Å². The number of hydrogen-bond donors (Lipinski definition) is 0. The second-order valence-electron chi connectivity index (χ2n) is 6.79. The fourth-order valence-electron chi connectivity index (χ4n) is 3.68. The van der Waals surface area contributed by atoms with Crippen molar-refractivity contribution >= 4 is 11.7 Å². The summed E-state index contributed by atoms with van der Waals surface area (Å²) in [6.45, 7) is 5.78. The Morgan fingerprint density at radius 1 is 0.920 bits per heavy atom. The highest BCUT2D eigenvalue weighted by Gasteiger charge is 2.24. The van der Waals surface area contributed by atoms with Crippen molar-refractivity contribution < 1.29 is 4.79 Å². The monoisotopic (exact) mass is 336 g/mol. The van der Waals surface area contributed by atoms with Crippen LogP contribution in [0, 0.1) is 0 Å². The van der Waals surface area contributed by atoms with E-state index in [1.54, 1.807) is 0 Å². The summed E-state index contributed by atoms with van der Waals surface area (Å²) >= 11 is 0. The van der Waals surface area contributed by atoms with E-state index in [4.69, 9.17) is 0 Å². The Hall–Kier alpha value is -2.40. The van der Waals surface area contributed by atoms with E-state index < -0.39 is 0 Å². The largest absolute Gasteiger partial charge is 0.354 e. The number of hydrogen-bond acceptors (Lipinski definition) is 4. The van der Waals surface area contributed by atoms with Gasteiger partial charge in [-0.2, -0.15) is 0 Å². The van der Waals surface area contributed by atoms with Gasteiger partial charge in [0.05, 0.1) is 6.54 Å². The molecule has 2 aliphatic rings. The first-order valence-electron chi connectivity index (χ1n) is 9.02. The number of nitrogens with zero attached hydrogens (tertiary/aromatic N) is 4. The summed E-state index contributed by atoms with van der Waals surface area (Å²) in [5.74, 6) is 1.28. The molecule has 2 aliphatic heterocycles. The lowest BCUT2D eigenvalue weighted by Gasteiger charge is -2.36. The van der Waals surface area contributed by atoms with Crippen molar-refractivity contribution in [2.24, 2.45) is 0 Å². The van der Waals surface area contributed by atoms with E-state index in [9.17, 15) is 4.79 Å². The van der Waals surface area contributed by atoms with Gasteiger partial charge in [-0.05, 0) is 29.7 Å². The van der Waals surface area contributed by atoms with Crippen molar-refractivity contribution in [3.8, 4) is 0 Å². The average molecular weight is 336 g/mol. The Labute approximate surface area is 148 Å². The predicted octanol–water partition coefficient (Wildman–Crippen LogP) is 1.79. The summed E-state index contributed by atoms with van der Waals surface area (Å²) in [5.41, 5.74) is 2.68. The molecule has 1 fully saturated rings. The van der Waals surface area contributed by atoms with Gasteiger partial charge in [0, 0.05) is 45.5 Å². The summed E-state index contributed by atoms with van der Waals surface area (Å²) in [6.07, 6.45) is 2.80. The lowest BCUT2D eigenvalue weighted by atomic mass is 10.00. The molecular formula is C20H24N4O. The Balaban J connectivity index is 1.30. The van der Waals surface area contributed by atoms with Crippen LogP contribution in [0.3, 0.4) is 0 Å². The van der Waals surface area contributed by atoms with Crippen LogP contribution in [0.2, 0.25) is 0 Å². The zero-order valence-corrected chi connectivity index (χ0v) is 14.5. The van der Waals surface area contributed by atoms with Crippen LogP contribution >= 0.6 is 0 Å². The lowest BCUT2D eigenvalue weighted by molar-refractivity contribution is -0.133. The number of amides is 1. The van der Waals surface area contributed by atoms with Gasteiger partial charge >= 0.3 is 0 Å². The smallest absolute Gasteiger partial charge is 0.237 e. The molecule has 0 bridgehead atoms. The highest BCUT2D eigenvalue weighted by molar-refractivity contribution is 5.78. The quantitative estimate of drug-likeness (QED) is 0.857. The molecule has 0 N–H and O–H groups in total. The minimum absolute atomic E-state index is 0.251. The topological polar surface area (TPSA) is 39.7 Å². The van der Waals surface area contributed by atoms with Gasteiger partial charge in [-0.25, -0.2) is 4.98 Å². The first-order valence-corrected chi connectivity index (χ1v) is 9.02. The summed E-state index contributed by atoms with van der Waals surface area (Å²) in [7, 11) is 0. The third-order valence-corrected chi connectivity index (χ3v) is 5.19. The second kappa shape index (κ2) is 7.23.